The number of aromatic nitrogens is 3. The van der Waals surface area contributed by atoms with Crippen LogP contribution in [0.3, 0.4) is 0 Å². The van der Waals surface area contributed by atoms with Gasteiger partial charge < -0.3 is 10.1 Å². The smallest absolute Gasteiger partial charge is 0.246 e. The van der Waals surface area contributed by atoms with Crippen molar-refractivity contribution in [3.05, 3.63) is 54.6 Å². The van der Waals surface area contributed by atoms with Crippen molar-refractivity contribution >= 4 is 11.6 Å². The predicted octanol–water partition coefficient (Wildman–Crippen LogP) is 3.22. The lowest BCUT2D eigenvalue weighted by Gasteiger charge is -2.03. The first-order valence-electron chi connectivity index (χ1n) is 6.24. The molecule has 2 N–H and O–H groups in total. The topological polar surface area (TPSA) is 62.8 Å². The second-order valence-corrected chi connectivity index (χ2v) is 4.23. The summed E-state index contributed by atoms with van der Waals surface area (Å²) in [5.41, 5.74) is 1.91. The molecule has 1 aromatic heterocycles. The summed E-state index contributed by atoms with van der Waals surface area (Å²) in [5, 5.41) is 10.2. The Morgan fingerprint density at radius 1 is 1.00 bits per heavy atom. The summed E-state index contributed by atoms with van der Waals surface area (Å²) in [6.07, 6.45) is 0. The molecule has 0 unspecified atom stereocenters. The van der Waals surface area contributed by atoms with Crippen molar-refractivity contribution in [2.75, 3.05) is 12.4 Å². The molecular weight excluding hydrogens is 252 g/mol. The summed E-state index contributed by atoms with van der Waals surface area (Å²) in [6.45, 7) is 0. The Kier molecular flexibility index (Phi) is 3.33. The SMILES string of the molecule is COc1ccc(Nc2n[nH]c(-c3ccccc3)n2)cc1. The van der Waals surface area contributed by atoms with E-state index >= 15 is 0 Å². The van der Waals surface area contributed by atoms with Crippen LogP contribution in [0, 0.1) is 0 Å². The highest BCUT2D eigenvalue weighted by atomic mass is 16.5. The van der Waals surface area contributed by atoms with E-state index in [4.69, 9.17) is 4.74 Å². The number of nitrogens with zero attached hydrogens (tertiary/aromatic N) is 2. The van der Waals surface area contributed by atoms with E-state index in [2.05, 4.69) is 20.5 Å². The average molecular weight is 266 g/mol. The Labute approximate surface area is 116 Å². The number of hydrogen-bond acceptors (Lipinski definition) is 4. The van der Waals surface area contributed by atoms with Crippen molar-refractivity contribution in [1.29, 1.82) is 0 Å². The number of hydrogen-bond donors (Lipinski definition) is 2. The normalized spacial score (nSPS) is 10.2. The third-order valence-electron chi connectivity index (χ3n) is 2.88. The van der Waals surface area contributed by atoms with Gasteiger partial charge in [-0.05, 0) is 24.3 Å². The monoisotopic (exact) mass is 266 g/mol. The molecule has 0 atom stereocenters. The first kappa shape index (κ1) is 12.2. The van der Waals surface area contributed by atoms with Gasteiger partial charge in [0.25, 0.3) is 0 Å². The lowest BCUT2D eigenvalue weighted by molar-refractivity contribution is 0.415. The fourth-order valence-corrected chi connectivity index (χ4v) is 1.85. The van der Waals surface area contributed by atoms with Gasteiger partial charge >= 0.3 is 0 Å². The molecule has 0 radical (unpaired) electrons. The summed E-state index contributed by atoms with van der Waals surface area (Å²) in [5.74, 6) is 2.09. The Morgan fingerprint density at radius 2 is 1.75 bits per heavy atom. The first-order chi connectivity index (χ1) is 9.85. The molecule has 5 heteroatoms. The minimum Gasteiger partial charge on any atom is -0.497 e. The molecule has 0 amide bonds. The molecular formula is C15H14N4O. The standard InChI is InChI=1S/C15H14N4O/c1-20-13-9-7-12(8-10-13)16-15-17-14(18-19-15)11-5-3-2-4-6-11/h2-10H,1H3,(H2,16,17,18,19). The fourth-order valence-electron chi connectivity index (χ4n) is 1.85. The number of H-pyrrole nitrogens is 1. The first-order valence-corrected chi connectivity index (χ1v) is 6.24. The van der Waals surface area contributed by atoms with Crippen LogP contribution in [0.15, 0.2) is 54.6 Å². The quantitative estimate of drug-likeness (QED) is 0.761. The van der Waals surface area contributed by atoms with Crippen molar-refractivity contribution in [3.8, 4) is 17.1 Å². The van der Waals surface area contributed by atoms with Crippen molar-refractivity contribution < 1.29 is 4.74 Å². The zero-order chi connectivity index (χ0) is 13.8. The largest absolute Gasteiger partial charge is 0.497 e. The summed E-state index contributed by atoms with van der Waals surface area (Å²) in [4.78, 5) is 4.41. The Balaban J connectivity index is 1.77. The van der Waals surface area contributed by atoms with Crippen LogP contribution in [-0.4, -0.2) is 22.3 Å². The number of benzene rings is 2. The molecule has 0 aliphatic rings. The fraction of sp³-hybridized carbons (Fsp3) is 0.0667. The molecule has 100 valence electrons. The maximum atomic E-state index is 5.12. The summed E-state index contributed by atoms with van der Waals surface area (Å²) in [7, 11) is 1.64. The number of anilines is 2. The van der Waals surface area contributed by atoms with E-state index in [0.717, 1.165) is 22.8 Å². The van der Waals surface area contributed by atoms with Gasteiger partial charge in [-0.3, -0.25) is 5.10 Å². The molecule has 3 aromatic rings. The second kappa shape index (κ2) is 5.44. The van der Waals surface area contributed by atoms with E-state index in [-0.39, 0.29) is 0 Å². The van der Waals surface area contributed by atoms with E-state index in [1.807, 2.05) is 54.6 Å². The van der Waals surface area contributed by atoms with Gasteiger partial charge in [0.05, 0.1) is 7.11 Å². The number of methoxy groups -OCH3 is 1. The van der Waals surface area contributed by atoms with E-state index < -0.39 is 0 Å². The van der Waals surface area contributed by atoms with Gasteiger partial charge in [-0.25, -0.2) is 0 Å². The lowest BCUT2D eigenvalue weighted by atomic mass is 10.2. The van der Waals surface area contributed by atoms with Crippen molar-refractivity contribution in [3.63, 3.8) is 0 Å². The Hall–Kier alpha value is -2.82. The summed E-state index contributed by atoms with van der Waals surface area (Å²) in [6, 6.07) is 17.5. The van der Waals surface area contributed by atoms with Gasteiger partial charge in [0.15, 0.2) is 5.82 Å². The highest BCUT2D eigenvalue weighted by Crippen LogP contribution is 2.20. The average Bonchev–Trinajstić information content (AvgIpc) is 2.97. The zero-order valence-electron chi connectivity index (χ0n) is 11.0. The molecule has 0 bridgehead atoms. The molecule has 2 aromatic carbocycles. The van der Waals surface area contributed by atoms with E-state index in [1.54, 1.807) is 7.11 Å². The van der Waals surface area contributed by atoms with Gasteiger partial charge in [-0.1, -0.05) is 30.3 Å². The summed E-state index contributed by atoms with van der Waals surface area (Å²) >= 11 is 0. The van der Waals surface area contributed by atoms with Crippen LogP contribution >= 0.6 is 0 Å². The number of ether oxygens (including phenoxy) is 1. The van der Waals surface area contributed by atoms with Gasteiger partial charge in [-0.2, -0.15) is 4.98 Å². The minimum atomic E-state index is 0.536. The molecule has 0 saturated carbocycles. The van der Waals surface area contributed by atoms with E-state index in [0.29, 0.717) is 5.95 Å². The van der Waals surface area contributed by atoms with Crippen LogP contribution in [0.25, 0.3) is 11.4 Å². The van der Waals surface area contributed by atoms with Gasteiger partial charge in [0.1, 0.15) is 5.75 Å². The number of aromatic amines is 1. The molecule has 0 spiro atoms. The van der Waals surface area contributed by atoms with Gasteiger partial charge in [0, 0.05) is 11.3 Å². The molecule has 3 rings (SSSR count). The van der Waals surface area contributed by atoms with Crippen LogP contribution in [0.4, 0.5) is 11.6 Å². The maximum Gasteiger partial charge on any atom is 0.246 e. The Morgan fingerprint density at radius 3 is 2.45 bits per heavy atom. The summed E-state index contributed by atoms with van der Waals surface area (Å²) < 4.78 is 5.12. The molecule has 0 aliphatic heterocycles. The number of nitrogens with one attached hydrogen (secondary N) is 2. The van der Waals surface area contributed by atoms with Gasteiger partial charge in [-0.15, -0.1) is 5.10 Å². The molecule has 0 fully saturated rings. The molecule has 0 aliphatic carbocycles. The highest BCUT2D eigenvalue weighted by molar-refractivity contribution is 5.59. The van der Waals surface area contributed by atoms with E-state index in [9.17, 15) is 0 Å². The Bertz CT molecular complexity index is 677. The van der Waals surface area contributed by atoms with Crippen LogP contribution < -0.4 is 10.1 Å². The van der Waals surface area contributed by atoms with Gasteiger partial charge in [0.2, 0.25) is 5.95 Å². The zero-order valence-corrected chi connectivity index (χ0v) is 11.0. The third-order valence-corrected chi connectivity index (χ3v) is 2.88. The number of rotatable bonds is 4. The molecule has 1 heterocycles. The lowest BCUT2D eigenvalue weighted by Crippen LogP contribution is -1.92. The van der Waals surface area contributed by atoms with Crippen molar-refractivity contribution in [2.24, 2.45) is 0 Å². The molecule has 0 saturated heterocycles. The second-order valence-electron chi connectivity index (χ2n) is 4.23. The maximum absolute atomic E-state index is 5.12. The molecule has 20 heavy (non-hydrogen) atoms. The van der Waals surface area contributed by atoms with Crippen LogP contribution in [0.1, 0.15) is 0 Å². The minimum absolute atomic E-state index is 0.536. The van der Waals surface area contributed by atoms with Crippen LogP contribution in [0.5, 0.6) is 5.75 Å². The van der Waals surface area contributed by atoms with Crippen LogP contribution in [-0.2, 0) is 0 Å². The van der Waals surface area contributed by atoms with Crippen molar-refractivity contribution in [1.82, 2.24) is 15.2 Å². The highest BCUT2D eigenvalue weighted by Gasteiger charge is 2.05. The van der Waals surface area contributed by atoms with E-state index in [1.165, 1.54) is 0 Å². The molecule has 5 nitrogen and oxygen atoms in total. The third kappa shape index (κ3) is 2.61. The van der Waals surface area contributed by atoms with Crippen molar-refractivity contribution in [2.45, 2.75) is 0 Å². The van der Waals surface area contributed by atoms with Crippen LogP contribution in [0.2, 0.25) is 0 Å². The predicted molar refractivity (Wildman–Crippen MR) is 78.1 cm³/mol.